The number of piperidine rings is 1. The molecule has 2 bridgehead atoms. The van der Waals surface area contributed by atoms with Gasteiger partial charge >= 0.3 is 0 Å². The molecular weight excluding hydrogens is 311 g/mol. The first-order valence-electron chi connectivity index (χ1n) is 10.4. The molecule has 3 saturated carbocycles. The lowest BCUT2D eigenvalue weighted by atomic mass is 9.52. The Morgan fingerprint density at radius 2 is 1.68 bits per heavy atom. The van der Waals surface area contributed by atoms with Gasteiger partial charge in [0.05, 0.1) is 11.4 Å². The summed E-state index contributed by atoms with van der Waals surface area (Å²) in [7, 11) is 0. The van der Waals surface area contributed by atoms with Gasteiger partial charge in [-0.1, -0.05) is 12.1 Å². The molecule has 1 aromatic carbocycles. The number of hydrogen-bond donors (Lipinski definition) is 0. The minimum absolute atomic E-state index is 0.103. The number of benzene rings is 1. The van der Waals surface area contributed by atoms with Crippen molar-refractivity contribution >= 4 is 5.84 Å². The molecule has 1 aromatic rings. The van der Waals surface area contributed by atoms with E-state index in [1.165, 1.54) is 75.9 Å². The summed E-state index contributed by atoms with van der Waals surface area (Å²) >= 11 is 0. The topological polar surface area (TPSA) is 15.6 Å². The molecule has 1 saturated heterocycles. The molecule has 0 N–H and O–H groups in total. The molecule has 3 heteroatoms. The van der Waals surface area contributed by atoms with Crippen LogP contribution in [0, 0.1) is 17.7 Å². The van der Waals surface area contributed by atoms with E-state index in [1.807, 2.05) is 12.1 Å². The minimum Gasteiger partial charge on any atom is -0.360 e. The van der Waals surface area contributed by atoms with Crippen molar-refractivity contribution in [3.05, 3.63) is 35.6 Å². The van der Waals surface area contributed by atoms with Crippen LogP contribution in [-0.4, -0.2) is 29.4 Å². The van der Waals surface area contributed by atoms with Gasteiger partial charge in [0.15, 0.2) is 0 Å². The Morgan fingerprint density at radius 1 is 0.960 bits per heavy atom. The van der Waals surface area contributed by atoms with Crippen molar-refractivity contribution in [1.82, 2.24) is 4.90 Å². The van der Waals surface area contributed by atoms with Crippen molar-refractivity contribution in [2.75, 3.05) is 13.1 Å². The van der Waals surface area contributed by atoms with Gasteiger partial charge in [-0.05, 0) is 80.9 Å². The number of fused-ring (bicyclic) bond motifs is 2. The molecule has 2 aliphatic heterocycles. The number of halogens is 1. The van der Waals surface area contributed by atoms with E-state index in [-0.39, 0.29) is 11.4 Å². The molecule has 2 unspecified atom stereocenters. The maximum Gasteiger partial charge on any atom is 0.123 e. The van der Waals surface area contributed by atoms with E-state index in [2.05, 4.69) is 4.90 Å². The van der Waals surface area contributed by atoms with Crippen LogP contribution < -0.4 is 0 Å². The van der Waals surface area contributed by atoms with Crippen LogP contribution in [0.1, 0.15) is 69.3 Å². The highest BCUT2D eigenvalue weighted by atomic mass is 19.1. The molecule has 5 aliphatic rings. The van der Waals surface area contributed by atoms with E-state index >= 15 is 0 Å². The third kappa shape index (κ3) is 2.53. The van der Waals surface area contributed by atoms with Gasteiger partial charge in [0.1, 0.15) is 5.82 Å². The van der Waals surface area contributed by atoms with Gasteiger partial charge in [0.2, 0.25) is 0 Å². The maximum atomic E-state index is 13.5. The van der Waals surface area contributed by atoms with Gasteiger partial charge in [-0.25, -0.2) is 4.39 Å². The molecule has 2 heterocycles. The number of rotatable bonds is 1. The number of amidine groups is 1. The summed E-state index contributed by atoms with van der Waals surface area (Å²) in [6, 6.07) is 7.37. The van der Waals surface area contributed by atoms with Crippen LogP contribution in [0.4, 0.5) is 4.39 Å². The summed E-state index contributed by atoms with van der Waals surface area (Å²) in [5.74, 6) is 3.24. The Bertz CT molecular complexity index is 653. The monoisotopic (exact) mass is 340 g/mol. The SMILES string of the molecule is Fc1ccc(C2C3CCC(CC3)C23CCC(N2CCCCC2)=N3)cc1. The second kappa shape index (κ2) is 6.10. The summed E-state index contributed by atoms with van der Waals surface area (Å²) in [6.45, 7) is 2.40. The Balaban J connectivity index is 1.52. The molecule has 4 fully saturated rings. The fourth-order valence-electron chi connectivity index (χ4n) is 6.41. The van der Waals surface area contributed by atoms with Crippen LogP contribution in [-0.2, 0) is 0 Å². The lowest BCUT2D eigenvalue weighted by molar-refractivity contribution is 0.0428. The molecule has 0 radical (unpaired) electrons. The van der Waals surface area contributed by atoms with Crippen LogP contribution in [0.25, 0.3) is 0 Å². The maximum absolute atomic E-state index is 13.5. The number of nitrogens with zero attached hydrogens (tertiary/aromatic N) is 2. The zero-order valence-electron chi connectivity index (χ0n) is 15.1. The zero-order valence-corrected chi connectivity index (χ0v) is 15.1. The van der Waals surface area contributed by atoms with Crippen LogP contribution >= 0.6 is 0 Å². The largest absolute Gasteiger partial charge is 0.360 e. The van der Waals surface area contributed by atoms with Crippen molar-refractivity contribution in [1.29, 1.82) is 0 Å². The van der Waals surface area contributed by atoms with Crippen molar-refractivity contribution in [2.24, 2.45) is 16.8 Å². The standard InChI is InChI=1S/C22H29FN2/c23-19-10-6-17(7-11-19)21-16-4-8-18(9-5-16)22(21)13-12-20(24-22)25-14-2-1-3-15-25/h6-7,10-11,16,18,21H,1-5,8-9,12-15H2. The van der Waals surface area contributed by atoms with E-state index in [9.17, 15) is 4.39 Å². The number of aliphatic imine (C=N–C) groups is 1. The first-order chi connectivity index (χ1) is 12.3. The third-order valence-corrected chi connectivity index (χ3v) is 7.53. The summed E-state index contributed by atoms with van der Waals surface area (Å²) < 4.78 is 13.5. The Morgan fingerprint density at radius 3 is 2.40 bits per heavy atom. The molecule has 0 amide bonds. The highest BCUT2D eigenvalue weighted by molar-refractivity contribution is 5.85. The average molecular weight is 340 g/mol. The van der Waals surface area contributed by atoms with E-state index < -0.39 is 0 Å². The molecule has 6 rings (SSSR count). The first-order valence-corrected chi connectivity index (χ1v) is 10.4. The molecule has 134 valence electrons. The highest BCUT2D eigenvalue weighted by Crippen LogP contribution is 2.60. The summed E-state index contributed by atoms with van der Waals surface area (Å²) in [5.41, 5.74) is 1.44. The van der Waals surface area contributed by atoms with Crippen molar-refractivity contribution in [3.63, 3.8) is 0 Å². The fraction of sp³-hybridized carbons (Fsp3) is 0.682. The Kier molecular flexibility index (Phi) is 3.87. The van der Waals surface area contributed by atoms with Gasteiger partial charge in [0, 0.05) is 25.4 Å². The van der Waals surface area contributed by atoms with Crippen LogP contribution in [0.15, 0.2) is 29.3 Å². The molecular formula is C22H29FN2. The number of likely N-dealkylation sites (tertiary alicyclic amines) is 1. The van der Waals surface area contributed by atoms with Gasteiger partial charge in [-0.2, -0.15) is 0 Å². The van der Waals surface area contributed by atoms with Crippen molar-refractivity contribution in [2.45, 2.75) is 69.2 Å². The summed E-state index contributed by atoms with van der Waals surface area (Å²) in [5, 5.41) is 0. The van der Waals surface area contributed by atoms with E-state index in [1.54, 1.807) is 12.1 Å². The van der Waals surface area contributed by atoms with E-state index in [0.29, 0.717) is 5.92 Å². The third-order valence-electron chi connectivity index (χ3n) is 7.53. The molecule has 25 heavy (non-hydrogen) atoms. The first kappa shape index (κ1) is 15.8. The van der Waals surface area contributed by atoms with Gasteiger partial charge in [-0.15, -0.1) is 0 Å². The quantitative estimate of drug-likeness (QED) is 0.690. The van der Waals surface area contributed by atoms with Gasteiger partial charge < -0.3 is 4.90 Å². The van der Waals surface area contributed by atoms with Gasteiger partial charge in [0.25, 0.3) is 0 Å². The zero-order chi connectivity index (χ0) is 16.9. The summed E-state index contributed by atoms with van der Waals surface area (Å²) in [4.78, 5) is 8.09. The molecule has 3 aliphatic carbocycles. The lowest BCUT2D eigenvalue weighted by Crippen LogP contribution is -2.51. The van der Waals surface area contributed by atoms with E-state index in [0.717, 1.165) is 18.3 Å². The summed E-state index contributed by atoms with van der Waals surface area (Å²) in [6.07, 6.45) is 11.7. The fourth-order valence-corrected chi connectivity index (χ4v) is 6.41. The van der Waals surface area contributed by atoms with Crippen molar-refractivity contribution in [3.8, 4) is 0 Å². The van der Waals surface area contributed by atoms with Gasteiger partial charge in [-0.3, -0.25) is 4.99 Å². The number of hydrogen-bond acceptors (Lipinski definition) is 2. The molecule has 2 atom stereocenters. The molecule has 2 nitrogen and oxygen atoms in total. The molecule has 0 aromatic heterocycles. The second-order valence-electron chi connectivity index (χ2n) is 8.71. The van der Waals surface area contributed by atoms with Crippen LogP contribution in [0.2, 0.25) is 0 Å². The minimum atomic E-state index is -0.123. The highest BCUT2D eigenvalue weighted by Gasteiger charge is 2.56. The van der Waals surface area contributed by atoms with Crippen molar-refractivity contribution < 1.29 is 4.39 Å². The predicted octanol–water partition coefficient (Wildman–Crippen LogP) is 5.15. The molecule has 1 spiro atoms. The average Bonchev–Trinajstić information content (AvgIpc) is 3.10. The normalized spacial score (nSPS) is 37.6. The predicted molar refractivity (Wildman–Crippen MR) is 99.4 cm³/mol. The van der Waals surface area contributed by atoms with Crippen LogP contribution in [0.3, 0.4) is 0 Å². The second-order valence-corrected chi connectivity index (χ2v) is 8.71. The Labute approximate surface area is 150 Å². The van der Waals surface area contributed by atoms with Crippen LogP contribution in [0.5, 0.6) is 0 Å². The Hall–Kier alpha value is -1.38. The lowest BCUT2D eigenvalue weighted by Gasteiger charge is -2.54. The smallest absolute Gasteiger partial charge is 0.123 e. The van der Waals surface area contributed by atoms with E-state index in [4.69, 9.17) is 4.99 Å².